The van der Waals surface area contributed by atoms with Crippen molar-refractivity contribution in [2.45, 2.75) is 52.9 Å². The molecule has 1 aliphatic heterocycles. The Hall–Kier alpha value is -1.59. The summed E-state index contributed by atoms with van der Waals surface area (Å²) < 4.78 is 5.22. The number of aromatic nitrogens is 2. The van der Waals surface area contributed by atoms with Crippen LogP contribution in [0.5, 0.6) is 0 Å². The van der Waals surface area contributed by atoms with Crippen molar-refractivity contribution in [3.05, 3.63) is 11.7 Å². The van der Waals surface area contributed by atoms with Gasteiger partial charge in [-0.05, 0) is 31.6 Å². The molecule has 6 heteroatoms. The van der Waals surface area contributed by atoms with Crippen molar-refractivity contribution in [1.29, 1.82) is 0 Å². The SMILES string of the molecule is Cc1noc(C2CCN(C(=O)NCCC(C)(C)C)CC2)n1. The minimum absolute atomic E-state index is 0.0411. The highest BCUT2D eigenvalue weighted by atomic mass is 16.5. The van der Waals surface area contributed by atoms with Gasteiger partial charge in [0.15, 0.2) is 5.82 Å². The number of nitrogens with one attached hydrogen (secondary N) is 1. The predicted octanol–water partition coefficient (Wildman–Crippen LogP) is 2.70. The normalized spacial score (nSPS) is 17.0. The average molecular weight is 294 g/mol. The first-order valence-corrected chi connectivity index (χ1v) is 7.68. The first kappa shape index (κ1) is 15.8. The number of carbonyl (C=O) groups is 1. The van der Waals surface area contributed by atoms with E-state index in [1.54, 1.807) is 0 Å². The summed E-state index contributed by atoms with van der Waals surface area (Å²) in [5, 5.41) is 6.83. The first-order valence-electron chi connectivity index (χ1n) is 7.68. The quantitative estimate of drug-likeness (QED) is 0.930. The first-order chi connectivity index (χ1) is 9.85. The van der Waals surface area contributed by atoms with Crippen LogP contribution in [0.3, 0.4) is 0 Å². The molecule has 0 saturated carbocycles. The standard InChI is InChI=1S/C15H26N4O2/c1-11-17-13(21-18-11)12-5-9-19(10-6-12)14(20)16-8-7-15(2,3)4/h12H,5-10H2,1-4H3,(H,16,20). The maximum Gasteiger partial charge on any atom is 0.317 e. The van der Waals surface area contributed by atoms with E-state index in [4.69, 9.17) is 4.52 Å². The average Bonchev–Trinajstić information content (AvgIpc) is 2.84. The monoisotopic (exact) mass is 294 g/mol. The minimum atomic E-state index is 0.0411. The van der Waals surface area contributed by atoms with Crippen molar-refractivity contribution in [1.82, 2.24) is 20.4 Å². The van der Waals surface area contributed by atoms with Crippen LogP contribution in [0.2, 0.25) is 0 Å². The third kappa shape index (κ3) is 4.72. The van der Waals surface area contributed by atoms with Gasteiger partial charge in [-0.1, -0.05) is 25.9 Å². The molecule has 2 heterocycles. The molecule has 21 heavy (non-hydrogen) atoms. The maximum atomic E-state index is 12.1. The number of amides is 2. The second-order valence-electron chi connectivity index (χ2n) is 6.98. The smallest absolute Gasteiger partial charge is 0.317 e. The van der Waals surface area contributed by atoms with Crippen molar-refractivity contribution >= 4 is 6.03 Å². The Balaban J connectivity index is 1.74. The molecule has 0 unspecified atom stereocenters. The second-order valence-corrected chi connectivity index (χ2v) is 6.98. The number of aryl methyl sites for hydroxylation is 1. The molecule has 0 bridgehead atoms. The van der Waals surface area contributed by atoms with E-state index in [-0.39, 0.29) is 17.4 Å². The molecule has 0 aromatic carbocycles. The number of likely N-dealkylation sites (tertiary alicyclic amines) is 1. The summed E-state index contributed by atoms with van der Waals surface area (Å²) >= 11 is 0. The number of hydrogen-bond donors (Lipinski definition) is 1. The van der Waals surface area contributed by atoms with Crippen molar-refractivity contribution in [3.8, 4) is 0 Å². The zero-order valence-corrected chi connectivity index (χ0v) is 13.5. The van der Waals surface area contributed by atoms with Gasteiger partial charge in [0.25, 0.3) is 0 Å². The van der Waals surface area contributed by atoms with E-state index < -0.39 is 0 Å². The van der Waals surface area contributed by atoms with E-state index in [0.717, 1.165) is 38.9 Å². The lowest BCUT2D eigenvalue weighted by Gasteiger charge is -2.30. The van der Waals surface area contributed by atoms with Crippen LogP contribution in [0, 0.1) is 12.3 Å². The highest BCUT2D eigenvalue weighted by Crippen LogP contribution is 2.26. The third-order valence-corrected chi connectivity index (χ3v) is 3.83. The van der Waals surface area contributed by atoms with E-state index in [1.807, 2.05) is 11.8 Å². The molecule has 0 radical (unpaired) electrons. The zero-order valence-electron chi connectivity index (χ0n) is 13.5. The molecule has 2 rings (SSSR count). The largest absolute Gasteiger partial charge is 0.339 e. The Morgan fingerprint density at radius 3 is 2.57 bits per heavy atom. The van der Waals surface area contributed by atoms with Gasteiger partial charge >= 0.3 is 6.03 Å². The molecule has 1 saturated heterocycles. The van der Waals surface area contributed by atoms with Crippen LogP contribution in [0.1, 0.15) is 57.7 Å². The lowest BCUT2D eigenvalue weighted by molar-refractivity contribution is 0.174. The van der Waals surface area contributed by atoms with Gasteiger partial charge in [0.1, 0.15) is 0 Å². The van der Waals surface area contributed by atoms with Crippen LogP contribution in [-0.4, -0.2) is 40.7 Å². The Kier molecular flexibility index (Phi) is 4.85. The zero-order chi connectivity index (χ0) is 15.5. The van der Waals surface area contributed by atoms with Gasteiger partial charge in [-0.25, -0.2) is 4.79 Å². The molecule has 0 atom stereocenters. The topological polar surface area (TPSA) is 71.3 Å². The summed E-state index contributed by atoms with van der Waals surface area (Å²) in [5.74, 6) is 1.66. The Morgan fingerprint density at radius 2 is 2.05 bits per heavy atom. The maximum absolute atomic E-state index is 12.1. The van der Waals surface area contributed by atoms with E-state index in [9.17, 15) is 4.79 Å². The summed E-state index contributed by atoms with van der Waals surface area (Å²) in [7, 11) is 0. The molecular weight excluding hydrogens is 268 g/mol. The number of hydrogen-bond acceptors (Lipinski definition) is 4. The van der Waals surface area contributed by atoms with Crippen molar-refractivity contribution in [2.75, 3.05) is 19.6 Å². The van der Waals surface area contributed by atoms with Crippen LogP contribution in [0.15, 0.2) is 4.52 Å². The fraction of sp³-hybridized carbons (Fsp3) is 0.800. The number of carbonyl (C=O) groups excluding carboxylic acids is 1. The predicted molar refractivity (Wildman–Crippen MR) is 80.1 cm³/mol. The summed E-state index contributed by atoms with van der Waals surface area (Å²) in [6, 6.07) is 0.0411. The Morgan fingerprint density at radius 1 is 1.38 bits per heavy atom. The molecule has 118 valence electrons. The van der Waals surface area contributed by atoms with Gasteiger partial charge in [0, 0.05) is 25.6 Å². The molecule has 1 aromatic heterocycles. The Labute approximate surface area is 126 Å². The van der Waals surface area contributed by atoms with Crippen LogP contribution in [-0.2, 0) is 0 Å². The summed E-state index contributed by atoms with van der Waals surface area (Å²) in [6.45, 7) is 10.6. The molecule has 1 N–H and O–H groups in total. The van der Waals surface area contributed by atoms with Gasteiger partial charge in [0.05, 0.1) is 0 Å². The van der Waals surface area contributed by atoms with Crippen molar-refractivity contribution in [2.24, 2.45) is 5.41 Å². The molecule has 0 spiro atoms. The fourth-order valence-corrected chi connectivity index (χ4v) is 2.46. The molecular formula is C15H26N4O2. The van der Waals surface area contributed by atoms with Gasteiger partial charge in [-0.2, -0.15) is 4.98 Å². The number of rotatable bonds is 3. The highest BCUT2D eigenvalue weighted by Gasteiger charge is 2.27. The third-order valence-electron chi connectivity index (χ3n) is 3.83. The van der Waals surface area contributed by atoms with Gasteiger partial charge < -0.3 is 14.7 Å². The highest BCUT2D eigenvalue weighted by molar-refractivity contribution is 5.74. The molecule has 1 aliphatic rings. The lowest BCUT2D eigenvalue weighted by Crippen LogP contribution is -2.44. The van der Waals surface area contributed by atoms with E-state index in [1.165, 1.54) is 0 Å². The summed E-state index contributed by atoms with van der Waals surface area (Å²) in [5.41, 5.74) is 0.246. The van der Waals surface area contributed by atoms with E-state index in [0.29, 0.717) is 11.7 Å². The van der Waals surface area contributed by atoms with Crippen molar-refractivity contribution < 1.29 is 9.32 Å². The fourth-order valence-electron chi connectivity index (χ4n) is 2.46. The number of nitrogens with zero attached hydrogens (tertiary/aromatic N) is 3. The van der Waals surface area contributed by atoms with Gasteiger partial charge in [-0.15, -0.1) is 0 Å². The number of piperidine rings is 1. The van der Waals surface area contributed by atoms with E-state index in [2.05, 4.69) is 36.2 Å². The lowest BCUT2D eigenvalue weighted by atomic mass is 9.92. The molecule has 0 aliphatic carbocycles. The molecule has 1 aromatic rings. The Bertz CT molecular complexity index is 470. The summed E-state index contributed by atoms with van der Waals surface area (Å²) in [6.07, 6.45) is 2.75. The van der Waals surface area contributed by atoms with Gasteiger partial charge in [-0.3, -0.25) is 0 Å². The van der Waals surface area contributed by atoms with Crippen LogP contribution >= 0.6 is 0 Å². The van der Waals surface area contributed by atoms with Crippen LogP contribution in [0.4, 0.5) is 4.79 Å². The van der Waals surface area contributed by atoms with Gasteiger partial charge in [0.2, 0.25) is 5.89 Å². The van der Waals surface area contributed by atoms with Crippen LogP contribution in [0.25, 0.3) is 0 Å². The second kappa shape index (κ2) is 6.45. The van der Waals surface area contributed by atoms with Crippen molar-refractivity contribution in [3.63, 3.8) is 0 Å². The molecule has 2 amide bonds. The van der Waals surface area contributed by atoms with Crippen LogP contribution < -0.4 is 5.32 Å². The summed E-state index contributed by atoms with van der Waals surface area (Å²) in [4.78, 5) is 18.3. The number of urea groups is 1. The molecule has 6 nitrogen and oxygen atoms in total. The van der Waals surface area contributed by atoms with E-state index >= 15 is 0 Å². The minimum Gasteiger partial charge on any atom is -0.339 e. The molecule has 1 fully saturated rings.